The van der Waals surface area contributed by atoms with Crippen molar-refractivity contribution in [2.24, 2.45) is 0 Å². The van der Waals surface area contributed by atoms with Crippen molar-refractivity contribution in [3.8, 4) is 0 Å². The van der Waals surface area contributed by atoms with Gasteiger partial charge in [0.05, 0.1) is 0 Å². The van der Waals surface area contributed by atoms with Gasteiger partial charge >= 0.3 is 0 Å². The van der Waals surface area contributed by atoms with E-state index in [-0.39, 0.29) is 0 Å². The zero-order valence-electron chi connectivity index (χ0n) is 10.4. The molecule has 2 saturated heterocycles. The van der Waals surface area contributed by atoms with E-state index in [0.717, 1.165) is 12.1 Å². The van der Waals surface area contributed by atoms with Gasteiger partial charge < -0.3 is 9.80 Å². The molecule has 2 aliphatic heterocycles. The van der Waals surface area contributed by atoms with E-state index in [4.69, 9.17) is 0 Å². The van der Waals surface area contributed by atoms with Crippen molar-refractivity contribution in [2.75, 3.05) is 46.8 Å². The van der Waals surface area contributed by atoms with Crippen molar-refractivity contribution < 1.29 is 0 Å². The summed E-state index contributed by atoms with van der Waals surface area (Å²) in [7, 11) is 4.48. The highest BCUT2D eigenvalue weighted by Gasteiger charge is 2.29. The summed E-state index contributed by atoms with van der Waals surface area (Å²) in [5.41, 5.74) is 0. The molecule has 2 aliphatic rings. The minimum Gasteiger partial charge on any atom is -0.306 e. The zero-order valence-corrected chi connectivity index (χ0v) is 10.4. The number of hydrogen-bond acceptors (Lipinski definition) is 3. The number of piperazine rings is 1. The van der Waals surface area contributed by atoms with E-state index in [9.17, 15) is 0 Å². The van der Waals surface area contributed by atoms with Crippen LogP contribution in [-0.4, -0.2) is 73.6 Å². The summed E-state index contributed by atoms with van der Waals surface area (Å²) >= 11 is 0. The van der Waals surface area contributed by atoms with Crippen molar-refractivity contribution in [2.45, 2.75) is 31.8 Å². The van der Waals surface area contributed by atoms with E-state index in [1.54, 1.807) is 0 Å². The minimum absolute atomic E-state index is 0.747. The summed E-state index contributed by atoms with van der Waals surface area (Å²) in [6, 6.07) is 1.60. The van der Waals surface area contributed by atoms with E-state index in [1.165, 1.54) is 45.6 Å². The van der Waals surface area contributed by atoms with Crippen LogP contribution in [0.4, 0.5) is 0 Å². The third kappa shape index (κ3) is 2.71. The first-order valence-corrected chi connectivity index (χ1v) is 6.29. The van der Waals surface area contributed by atoms with Crippen LogP contribution < -0.4 is 0 Å². The standard InChI is InChI=1S/C12H25N3/c1-11-10-14(3)8-9-15(11)12-4-6-13(2)7-5-12/h11-12H,4-10H2,1-3H3. The molecular formula is C12H25N3. The molecule has 0 aliphatic carbocycles. The van der Waals surface area contributed by atoms with Crippen molar-refractivity contribution >= 4 is 0 Å². The van der Waals surface area contributed by atoms with Gasteiger partial charge in [-0.05, 0) is 47.0 Å². The molecule has 2 heterocycles. The molecule has 3 heteroatoms. The lowest BCUT2D eigenvalue weighted by atomic mass is 10.0. The summed E-state index contributed by atoms with van der Waals surface area (Å²) in [6.07, 6.45) is 2.73. The van der Waals surface area contributed by atoms with Crippen LogP contribution in [0.1, 0.15) is 19.8 Å². The average molecular weight is 211 g/mol. The summed E-state index contributed by atoms with van der Waals surface area (Å²) in [4.78, 5) is 7.65. The Labute approximate surface area is 94.0 Å². The van der Waals surface area contributed by atoms with Crippen LogP contribution in [0.25, 0.3) is 0 Å². The maximum Gasteiger partial charge on any atom is 0.0198 e. The van der Waals surface area contributed by atoms with Crippen LogP contribution in [0.5, 0.6) is 0 Å². The molecule has 2 rings (SSSR count). The maximum atomic E-state index is 2.74. The molecule has 0 amide bonds. The van der Waals surface area contributed by atoms with Crippen molar-refractivity contribution in [1.82, 2.24) is 14.7 Å². The Kier molecular flexibility index (Phi) is 3.65. The lowest BCUT2D eigenvalue weighted by Gasteiger charge is -2.45. The predicted octanol–water partition coefficient (Wildman–Crippen LogP) is 0.717. The second-order valence-electron chi connectivity index (χ2n) is 5.38. The molecule has 88 valence electrons. The van der Waals surface area contributed by atoms with Gasteiger partial charge in [0.1, 0.15) is 0 Å². The van der Waals surface area contributed by atoms with Crippen LogP contribution >= 0.6 is 0 Å². The number of piperidine rings is 1. The van der Waals surface area contributed by atoms with E-state index in [1.807, 2.05) is 0 Å². The third-order valence-corrected chi connectivity index (χ3v) is 4.04. The van der Waals surface area contributed by atoms with E-state index in [0.29, 0.717) is 0 Å². The molecule has 2 fully saturated rings. The van der Waals surface area contributed by atoms with Crippen molar-refractivity contribution in [1.29, 1.82) is 0 Å². The number of nitrogens with zero attached hydrogens (tertiary/aromatic N) is 3. The van der Waals surface area contributed by atoms with Gasteiger partial charge in [-0.3, -0.25) is 4.90 Å². The number of rotatable bonds is 1. The van der Waals surface area contributed by atoms with Gasteiger partial charge in [0.2, 0.25) is 0 Å². The average Bonchev–Trinajstić information content (AvgIpc) is 2.20. The first-order chi connectivity index (χ1) is 7.16. The summed E-state index contributed by atoms with van der Waals surface area (Å²) in [5.74, 6) is 0. The minimum atomic E-state index is 0.747. The lowest BCUT2D eigenvalue weighted by molar-refractivity contribution is 0.0343. The molecule has 1 atom stereocenters. The largest absolute Gasteiger partial charge is 0.306 e. The molecule has 0 aromatic carbocycles. The number of likely N-dealkylation sites (tertiary alicyclic amines) is 1. The van der Waals surface area contributed by atoms with Crippen molar-refractivity contribution in [3.63, 3.8) is 0 Å². The second kappa shape index (κ2) is 4.81. The summed E-state index contributed by atoms with van der Waals surface area (Å²) in [5, 5.41) is 0. The molecule has 3 nitrogen and oxygen atoms in total. The van der Waals surface area contributed by atoms with E-state index < -0.39 is 0 Å². The normalized spacial score (nSPS) is 33.4. The zero-order chi connectivity index (χ0) is 10.8. The maximum absolute atomic E-state index is 2.74. The van der Waals surface area contributed by atoms with Crippen LogP contribution in [0.2, 0.25) is 0 Å². The van der Waals surface area contributed by atoms with Crippen LogP contribution in [0.15, 0.2) is 0 Å². The van der Waals surface area contributed by atoms with Gasteiger partial charge in [0.15, 0.2) is 0 Å². The van der Waals surface area contributed by atoms with Gasteiger partial charge in [0.25, 0.3) is 0 Å². The van der Waals surface area contributed by atoms with Gasteiger partial charge in [-0.25, -0.2) is 0 Å². The second-order valence-corrected chi connectivity index (χ2v) is 5.38. The predicted molar refractivity (Wildman–Crippen MR) is 64.2 cm³/mol. The monoisotopic (exact) mass is 211 g/mol. The quantitative estimate of drug-likeness (QED) is 0.633. The summed E-state index contributed by atoms with van der Waals surface area (Å²) in [6.45, 7) is 8.70. The molecular weight excluding hydrogens is 186 g/mol. The Morgan fingerprint density at radius 1 is 0.867 bits per heavy atom. The van der Waals surface area contributed by atoms with Crippen LogP contribution in [-0.2, 0) is 0 Å². The van der Waals surface area contributed by atoms with Crippen LogP contribution in [0.3, 0.4) is 0 Å². The highest BCUT2D eigenvalue weighted by atomic mass is 15.3. The van der Waals surface area contributed by atoms with Gasteiger partial charge in [-0.1, -0.05) is 0 Å². The Morgan fingerprint density at radius 3 is 2.13 bits per heavy atom. The highest BCUT2D eigenvalue weighted by molar-refractivity contribution is 4.86. The molecule has 15 heavy (non-hydrogen) atoms. The van der Waals surface area contributed by atoms with Crippen molar-refractivity contribution in [3.05, 3.63) is 0 Å². The Bertz CT molecular complexity index is 199. The number of likely N-dealkylation sites (N-methyl/N-ethyl adjacent to an activating group) is 1. The molecule has 0 bridgehead atoms. The smallest absolute Gasteiger partial charge is 0.0198 e. The topological polar surface area (TPSA) is 9.72 Å². The first kappa shape index (κ1) is 11.4. The fourth-order valence-electron chi connectivity index (χ4n) is 3.02. The van der Waals surface area contributed by atoms with Gasteiger partial charge in [-0.2, -0.15) is 0 Å². The van der Waals surface area contributed by atoms with E-state index in [2.05, 4.69) is 35.7 Å². The van der Waals surface area contributed by atoms with Crippen LogP contribution in [0, 0.1) is 0 Å². The summed E-state index contributed by atoms with van der Waals surface area (Å²) < 4.78 is 0. The molecule has 1 unspecified atom stereocenters. The first-order valence-electron chi connectivity index (χ1n) is 6.29. The molecule has 0 aromatic heterocycles. The van der Waals surface area contributed by atoms with Gasteiger partial charge in [0, 0.05) is 31.7 Å². The molecule has 0 saturated carbocycles. The Balaban J connectivity index is 1.87. The molecule has 0 aromatic rings. The Morgan fingerprint density at radius 2 is 1.53 bits per heavy atom. The highest BCUT2D eigenvalue weighted by Crippen LogP contribution is 2.20. The molecule has 0 spiro atoms. The molecule has 0 radical (unpaired) electrons. The lowest BCUT2D eigenvalue weighted by Crippen LogP contribution is -2.56. The molecule has 0 N–H and O–H groups in total. The third-order valence-electron chi connectivity index (χ3n) is 4.04. The fraction of sp³-hybridized carbons (Fsp3) is 1.00. The fourth-order valence-corrected chi connectivity index (χ4v) is 3.02. The Hall–Kier alpha value is -0.120. The SMILES string of the molecule is CC1CN(C)CCN1C1CCN(C)CC1. The number of hydrogen-bond donors (Lipinski definition) is 0. The van der Waals surface area contributed by atoms with Gasteiger partial charge in [-0.15, -0.1) is 0 Å². The van der Waals surface area contributed by atoms with E-state index >= 15 is 0 Å².